The fourth-order valence-corrected chi connectivity index (χ4v) is 3.14. The van der Waals surface area contributed by atoms with Crippen LogP contribution in [0.15, 0.2) is 57.7 Å². The Morgan fingerprint density at radius 1 is 1.29 bits per heavy atom. The number of aliphatic hydroxyl groups excluding tert-OH is 1. The number of anilines is 1. The number of rotatable bonds is 9. The normalized spacial score (nSPS) is 12.8. The molecule has 164 valence electrons. The fraction of sp³-hybridized carbons (Fsp3) is 0.333. The first-order valence-corrected chi connectivity index (χ1v) is 9.73. The van der Waals surface area contributed by atoms with E-state index >= 15 is 0 Å². The molecule has 3 aromatic rings. The highest BCUT2D eigenvalue weighted by Crippen LogP contribution is 2.17. The van der Waals surface area contributed by atoms with Gasteiger partial charge in [0.25, 0.3) is 5.56 Å². The molecule has 2 heterocycles. The van der Waals surface area contributed by atoms with E-state index < -0.39 is 17.4 Å². The predicted octanol–water partition coefficient (Wildman–Crippen LogP) is 0.833. The van der Waals surface area contributed by atoms with Gasteiger partial charge in [-0.1, -0.05) is 36.4 Å². The van der Waals surface area contributed by atoms with Crippen molar-refractivity contribution in [2.24, 2.45) is 19.2 Å². The lowest BCUT2D eigenvalue weighted by molar-refractivity contribution is 0.0405. The van der Waals surface area contributed by atoms with Crippen LogP contribution in [0.25, 0.3) is 11.2 Å². The number of nitrogens with one attached hydrogen (secondary N) is 1. The average molecular weight is 426 g/mol. The van der Waals surface area contributed by atoms with Gasteiger partial charge in [0.15, 0.2) is 11.2 Å². The molecule has 10 heteroatoms. The number of hydrogen-bond acceptors (Lipinski definition) is 7. The van der Waals surface area contributed by atoms with Gasteiger partial charge in [0.2, 0.25) is 5.95 Å². The van der Waals surface area contributed by atoms with Crippen LogP contribution in [0.5, 0.6) is 0 Å². The molecule has 1 unspecified atom stereocenters. The van der Waals surface area contributed by atoms with Crippen LogP contribution in [-0.4, -0.2) is 48.8 Å². The van der Waals surface area contributed by atoms with Gasteiger partial charge in [0.1, 0.15) is 0 Å². The van der Waals surface area contributed by atoms with Crippen molar-refractivity contribution in [3.05, 3.63) is 69.4 Å². The zero-order chi connectivity index (χ0) is 22.5. The van der Waals surface area contributed by atoms with E-state index in [1.165, 1.54) is 23.2 Å². The molecule has 0 radical (unpaired) electrons. The van der Waals surface area contributed by atoms with Crippen LogP contribution in [0.4, 0.5) is 5.95 Å². The summed E-state index contributed by atoms with van der Waals surface area (Å²) in [6, 6.07) is 9.56. The van der Waals surface area contributed by atoms with E-state index in [1.54, 1.807) is 6.08 Å². The predicted molar refractivity (Wildman–Crippen MR) is 120 cm³/mol. The number of aryl methyl sites for hydroxylation is 1. The van der Waals surface area contributed by atoms with Crippen LogP contribution >= 0.6 is 0 Å². The van der Waals surface area contributed by atoms with Gasteiger partial charge in [-0.05, 0) is 12.5 Å². The number of aromatic nitrogens is 4. The van der Waals surface area contributed by atoms with Gasteiger partial charge >= 0.3 is 5.69 Å². The Bertz CT molecular complexity index is 1220. The summed E-state index contributed by atoms with van der Waals surface area (Å²) in [6.07, 6.45) is 0.665. The molecule has 0 aliphatic carbocycles. The lowest BCUT2D eigenvalue weighted by Crippen LogP contribution is -2.38. The molecule has 0 saturated carbocycles. The molecular weight excluding hydrogens is 400 g/mol. The molecule has 0 saturated heterocycles. The van der Waals surface area contributed by atoms with Gasteiger partial charge in [-0.15, -0.1) is 6.58 Å². The molecule has 2 aromatic heterocycles. The second-order valence-electron chi connectivity index (χ2n) is 7.08. The van der Waals surface area contributed by atoms with Crippen molar-refractivity contribution in [3.63, 3.8) is 0 Å². The fourth-order valence-electron chi connectivity index (χ4n) is 3.14. The number of hydrogen-bond donors (Lipinski definition) is 2. The van der Waals surface area contributed by atoms with Gasteiger partial charge in [-0.3, -0.25) is 13.9 Å². The Hall–Kier alpha value is -3.50. The summed E-state index contributed by atoms with van der Waals surface area (Å²) in [4.78, 5) is 29.6. The van der Waals surface area contributed by atoms with Crippen LogP contribution in [-0.2, 0) is 25.4 Å². The number of benzene rings is 1. The summed E-state index contributed by atoms with van der Waals surface area (Å²) in [5.74, 6) is 0.228. The highest BCUT2D eigenvalue weighted by molar-refractivity contribution is 5.99. The molecule has 0 aliphatic rings. The topological polar surface area (TPSA) is 116 Å². The third-order valence-electron chi connectivity index (χ3n) is 4.80. The molecule has 0 amide bonds. The maximum Gasteiger partial charge on any atom is 0.332 e. The van der Waals surface area contributed by atoms with E-state index in [-0.39, 0.29) is 30.3 Å². The first kappa shape index (κ1) is 22.2. The second-order valence-corrected chi connectivity index (χ2v) is 7.08. The summed E-state index contributed by atoms with van der Waals surface area (Å²) in [7, 11) is 2.93. The van der Waals surface area contributed by atoms with E-state index in [2.05, 4.69) is 22.1 Å². The Kier molecular flexibility index (Phi) is 6.83. The smallest absolute Gasteiger partial charge is 0.332 e. The Morgan fingerprint density at radius 3 is 2.68 bits per heavy atom. The highest BCUT2D eigenvalue weighted by Gasteiger charge is 2.21. The molecule has 31 heavy (non-hydrogen) atoms. The first-order valence-electron chi connectivity index (χ1n) is 9.73. The third kappa shape index (κ3) is 4.65. The maximum absolute atomic E-state index is 12.8. The van der Waals surface area contributed by atoms with E-state index in [0.717, 1.165) is 10.1 Å². The molecule has 1 atom stereocenters. The van der Waals surface area contributed by atoms with Crippen LogP contribution < -0.4 is 16.7 Å². The van der Waals surface area contributed by atoms with E-state index in [9.17, 15) is 14.7 Å². The second kappa shape index (κ2) is 9.54. The summed E-state index contributed by atoms with van der Waals surface area (Å²) < 4.78 is 9.11. The van der Waals surface area contributed by atoms with Crippen LogP contribution in [0.1, 0.15) is 12.5 Å². The van der Waals surface area contributed by atoms with Crippen molar-refractivity contribution < 1.29 is 9.84 Å². The van der Waals surface area contributed by atoms with Gasteiger partial charge in [-0.25, -0.2) is 10.2 Å². The van der Waals surface area contributed by atoms with Crippen LogP contribution in [0.3, 0.4) is 0 Å². The Morgan fingerprint density at radius 2 is 2.00 bits per heavy atom. The third-order valence-corrected chi connectivity index (χ3v) is 4.80. The number of nitrogens with zero attached hydrogens (tertiary/aromatic N) is 5. The Labute approximate surface area is 178 Å². The molecular formula is C21H26N6O4. The summed E-state index contributed by atoms with van der Waals surface area (Å²) in [6.45, 7) is 5.76. The highest BCUT2D eigenvalue weighted by atomic mass is 16.5. The van der Waals surface area contributed by atoms with Crippen molar-refractivity contribution >= 4 is 22.8 Å². The number of hydrazone groups is 1. The average Bonchev–Trinajstić information content (AvgIpc) is 3.13. The first-order chi connectivity index (χ1) is 14.8. The van der Waals surface area contributed by atoms with Gasteiger partial charge < -0.3 is 14.4 Å². The largest absolute Gasteiger partial charge is 0.389 e. The number of imidazole rings is 1. The maximum atomic E-state index is 12.8. The SMILES string of the molecule is C=CCOCC(O)Cn1c(N/N=C(/C)c2ccccc2)nc2c1c(=O)n(C)c(=O)n2C. The van der Waals surface area contributed by atoms with Crippen LogP contribution in [0, 0.1) is 0 Å². The molecule has 0 aliphatic heterocycles. The molecule has 1 aromatic carbocycles. The molecule has 2 N–H and O–H groups in total. The van der Waals surface area contributed by atoms with Crippen molar-refractivity contribution in [1.29, 1.82) is 0 Å². The summed E-state index contributed by atoms with van der Waals surface area (Å²) in [5, 5.41) is 14.8. The monoisotopic (exact) mass is 426 g/mol. The summed E-state index contributed by atoms with van der Waals surface area (Å²) in [5.41, 5.74) is 3.87. The van der Waals surface area contributed by atoms with E-state index in [0.29, 0.717) is 12.3 Å². The molecule has 0 bridgehead atoms. The molecule has 0 fully saturated rings. The zero-order valence-corrected chi connectivity index (χ0v) is 17.8. The quantitative estimate of drug-likeness (QED) is 0.227. The minimum atomic E-state index is -0.918. The minimum Gasteiger partial charge on any atom is -0.389 e. The number of fused-ring (bicyclic) bond motifs is 1. The van der Waals surface area contributed by atoms with Crippen molar-refractivity contribution in [3.8, 4) is 0 Å². The van der Waals surface area contributed by atoms with Crippen molar-refractivity contribution in [2.45, 2.75) is 19.6 Å². The van der Waals surface area contributed by atoms with E-state index in [4.69, 9.17) is 4.74 Å². The van der Waals surface area contributed by atoms with Gasteiger partial charge in [0, 0.05) is 14.1 Å². The lowest BCUT2D eigenvalue weighted by Gasteiger charge is -2.14. The van der Waals surface area contributed by atoms with E-state index in [1.807, 2.05) is 37.3 Å². The van der Waals surface area contributed by atoms with Gasteiger partial charge in [0.05, 0.1) is 31.6 Å². The van der Waals surface area contributed by atoms with Gasteiger partial charge in [-0.2, -0.15) is 10.1 Å². The number of ether oxygens (including phenoxy) is 1. The molecule has 3 rings (SSSR count). The van der Waals surface area contributed by atoms with Crippen molar-refractivity contribution in [1.82, 2.24) is 18.7 Å². The molecule has 0 spiro atoms. The molecule has 10 nitrogen and oxygen atoms in total. The van der Waals surface area contributed by atoms with Crippen molar-refractivity contribution in [2.75, 3.05) is 18.6 Å². The minimum absolute atomic E-state index is 0.0172. The zero-order valence-electron chi connectivity index (χ0n) is 17.8. The lowest BCUT2D eigenvalue weighted by atomic mass is 10.1. The standard InChI is InChI=1S/C21H26N6O4/c1-5-11-31-13-16(28)12-27-17-18(25(3)21(30)26(4)19(17)29)22-20(27)24-23-14(2)15-9-7-6-8-10-15/h5-10,16,28H,1,11-13H2,2-4H3,(H,22,24)/b23-14-. The summed E-state index contributed by atoms with van der Waals surface area (Å²) >= 11 is 0. The number of aliphatic hydroxyl groups is 1. The Balaban J connectivity index is 2.05. The van der Waals surface area contributed by atoms with Crippen LogP contribution in [0.2, 0.25) is 0 Å².